The van der Waals surface area contributed by atoms with E-state index in [1.807, 2.05) is 0 Å². The topological polar surface area (TPSA) is 21.3 Å². The van der Waals surface area contributed by atoms with Crippen molar-refractivity contribution in [1.82, 2.24) is 5.32 Å². The largest absolute Gasteiger partial charge is 0.375 e. The van der Waals surface area contributed by atoms with Crippen molar-refractivity contribution in [2.75, 3.05) is 13.2 Å². The summed E-state index contributed by atoms with van der Waals surface area (Å²) in [6.45, 7) is 5.08. The highest BCUT2D eigenvalue weighted by Gasteiger charge is 2.33. The fourth-order valence-corrected chi connectivity index (χ4v) is 3.67. The second kappa shape index (κ2) is 5.64. The summed E-state index contributed by atoms with van der Waals surface area (Å²) in [7, 11) is 0. The molecule has 1 unspecified atom stereocenters. The van der Waals surface area contributed by atoms with Gasteiger partial charge in [-0.15, -0.1) is 0 Å². The zero-order chi connectivity index (χ0) is 13.1. The minimum absolute atomic E-state index is 0.383. The molecule has 1 aromatic carbocycles. The molecule has 0 radical (unpaired) electrons. The van der Waals surface area contributed by atoms with E-state index in [0.717, 1.165) is 19.8 Å². The number of ether oxygens (including phenoxy) is 1. The Morgan fingerprint density at radius 1 is 1.26 bits per heavy atom. The van der Waals surface area contributed by atoms with Gasteiger partial charge in [-0.3, -0.25) is 0 Å². The van der Waals surface area contributed by atoms with Crippen LogP contribution in [-0.2, 0) is 11.3 Å². The van der Waals surface area contributed by atoms with E-state index in [-0.39, 0.29) is 0 Å². The molecule has 1 N–H and O–H groups in total. The maximum atomic E-state index is 5.73. The molecule has 0 saturated heterocycles. The van der Waals surface area contributed by atoms with E-state index in [1.54, 1.807) is 0 Å². The smallest absolute Gasteiger partial charge is 0.0721 e. The molecule has 1 aromatic rings. The third-order valence-corrected chi connectivity index (χ3v) is 5.11. The Morgan fingerprint density at radius 2 is 2.05 bits per heavy atom. The van der Waals surface area contributed by atoms with Crippen LogP contribution in [0.3, 0.4) is 0 Å². The summed E-state index contributed by atoms with van der Waals surface area (Å²) < 4.78 is 5.73. The molecule has 1 fully saturated rings. The Bertz CT molecular complexity index is 423. The van der Waals surface area contributed by atoms with Gasteiger partial charge in [0.25, 0.3) is 0 Å². The van der Waals surface area contributed by atoms with Crippen molar-refractivity contribution >= 4 is 0 Å². The molecule has 0 amide bonds. The van der Waals surface area contributed by atoms with Gasteiger partial charge in [0.15, 0.2) is 0 Å². The Labute approximate surface area is 116 Å². The third-order valence-electron chi connectivity index (χ3n) is 5.11. The third kappa shape index (κ3) is 2.70. The molecule has 2 aliphatic rings. The predicted molar refractivity (Wildman–Crippen MR) is 78.0 cm³/mol. The van der Waals surface area contributed by atoms with Crippen molar-refractivity contribution in [3.05, 3.63) is 35.4 Å². The summed E-state index contributed by atoms with van der Waals surface area (Å²) in [6.07, 6.45) is 6.91. The van der Waals surface area contributed by atoms with E-state index in [9.17, 15) is 0 Å². The van der Waals surface area contributed by atoms with Gasteiger partial charge in [-0.05, 0) is 35.8 Å². The van der Waals surface area contributed by atoms with Gasteiger partial charge in [-0.1, -0.05) is 44.0 Å². The fraction of sp³-hybridized carbons (Fsp3) is 0.647. The van der Waals surface area contributed by atoms with Crippen LogP contribution in [0.15, 0.2) is 24.3 Å². The SMILES string of the molecule is CCC1(CNC2COCc3ccccc32)CCCC1. The number of rotatable bonds is 4. The molecule has 1 aliphatic carbocycles. The molecule has 3 rings (SSSR count). The van der Waals surface area contributed by atoms with Gasteiger partial charge in [0, 0.05) is 6.54 Å². The highest BCUT2D eigenvalue weighted by Crippen LogP contribution is 2.40. The second-order valence-corrected chi connectivity index (χ2v) is 6.21. The van der Waals surface area contributed by atoms with Gasteiger partial charge in [0.05, 0.1) is 19.3 Å². The molecule has 2 heteroatoms. The molecule has 19 heavy (non-hydrogen) atoms. The van der Waals surface area contributed by atoms with Crippen molar-refractivity contribution in [2.24, 2.45) is 5.41 Å². The van der Waals surface area contributed by atoms with Crippen LogP contribution in [0.2, 0.25) is 0 Å². The fourth-order valence-electron chi connectivity index (χ4n) is 3.67. The van der Waals surface area contributed by atoms with E-state index >= 15 is 0 Å². The minimum atomic E-state index is 0.383. The molecular formula is C17H25NO. The molecule has 0 spiro atoms. The molecular weight excluding hydrogens is 234 g/mol. The first-order chi connectivity index (χ1) is 9.33. The Hall–Kier alpha value is -0.860. The number of nitrogens with one attached hydrogen (secondary N) is 1. The summed E-state index contributed by atoms with van der Waals surface area (Å²) in [5.74, 6) is 0. The Balaban J connectivity index is 1.68. The highest BCUT2D eigenvalue weighted by atomic mass is 16.5. The van der Waals surface area contributed by atoms with Crippen LogP contribution in [0.25, 0.3) is 0 Å². The lowest BCUT2D eigenvalue weighted by molar-refractivity contribution is 0.0771. The lowest BCUT2D eigenvalue weighted by Gasteiger charge is -2.33. The first-order valence-corrected chi connectivity index (χ1v) is 7.72. The van der Waals surface area contributed by atoms with Crippen LogP contribution in [0, 0.1) is 5.41 Å². The summed E-state index contributed by atoms with van der Waals surface area (Å²) in [5.41, 5.74) is 3.34. The lowest BCUT2D eigenvalue weighted by Crippen LogP contribution is -2.37. The molecule has 2 nitrogen and oxygen atoms in total. The second-order valence-electron chi connectivity index (χ2n) is 6.21. The number of hydrogen-bond acceptors (Lipinski definition) is 2. The number of fused-ring (bicyclic) bond motifs is 1. The van der Waals surface area contributed by atoms with Crippen LogP contribution >= 0.6 is 0 Å². The number of benzene rings is 1. The Morgan fingerprint density at radius 3 is 2.84 bits per heavy atom. The summed E-state index contributed by atoms with van der Waals surface area (Å²) >= 11 is 0. The molecule has 104 valence electrons. The van der Waals surface area contributed by atoms with E-state index in [1.165, 1.54) is 43.2 Å². The van der Waals surface area contributed by atoms with Gasteiger partial charge in [0.1, 0.15) is 0 Å². The van der Waals surface area contributed by atoms with Gasteiger partial charge in [0.2, 0.25) is 0 Å². The van der Waals surface area contributed by atoms with Crippen molar-refractivity contribution in [3.8, 4) is 0 Å². The van der Waals surface area contributed by atoms with Crippen molar-refractivity contribution in [2.45, 2.75) is 51.7 Å². The molecule has 0 bridgehead atoms. The van der Waals surface area contributed by atoms with E-state index in [4.69, 9.17) is 4.74 Å². The normalized spacial score (nSPS) is 25.2. The zero-order valence-electron chi connectivity index (χ0n) is 12.0. The molecule has 0 aromatic heterocycles. The first kappa shape index (κ1) is 13.1. The van der Waals surface area contributed by atoms with E-state index < -0.39 is 0 Å². The van der Waals surface area contributed by atoms with Gasteiger partial charge in [-0.2, -0.15) is 0 Å². The highest BCUT2D eigenvalue weighted by molar-refractivity contribution is 5.31. The quantitative estimate of drug-likeness (QED) is 0.887. The molecule has 1 heterocycles. The maximum Gasteiger partial charge on any atom is 0.0721 e. The molecule has 1 atom stereocenters. The first-order valence-electron chi connectivity index (χ1n) is 7.72. The van der Waals surface area contributed by atoms with E-state index in [2.05, 4.69) is 36.5 Å². The summed E-state index contributed by atoms with van der Waals surface area (Å²) in [5, 5.41) is 3.79. The monoisotopic (exact) mass is 259 g/mol. The van der Waals surface area contributed by atoms with Crippen LogP contribution in [-0.4, -0.2) is 13.2 Å². The predicted octanol–water partition coefficient (Wildman–Crippen LogP) is 3.82. The summed E-state index contributed by atoms with van der Waals surface area (Å²) in [4.78, 5) is 0. The van der Waals surface area contributed by atoms with Gasteiger partial charge < -0.3 is 10.1 Å². The van der Waals surface area contributed by atoms with Crippen molar-refractivity contribution < 1.29 is 4.74 Å². The summed E-state index contributed by atoms with van der Waals surface area (Å²) in [6, 6.07) is 9.07. The standard InChI is InChI=1S/C17H25NO/c1-2-17(9-5-6-10-17)13-18-16-12-19-11-14-7-3-4-8-15(14)16/h3-4,7-8,16,18H,2,5-6,9-13H2,1H3. The van der Waals surface area contributed by atoms with Crippen molar-refractivity contribution in [3.63, 3.8) is 0 Å². The average molecular weight is 259 g/mol. The van der Waals surface area contributed by atoms with Gasteiger partial charge >= 0.3 is 0 Å². The minimum Gasteiger partial charge on any atom is -0.375 e. The van der Waals surface area contributed by atoms with Crippen LogP contribution in [0.1, 0.15) is 56.2 Å². The van der Waals surface area contributed by atoms with Crippen molar-refractivity contribution in [1.29, 1.82) is 0 Å². The number of hydrogen-bond donors (Lipinski definition) is 1. The average Bonchev–Trinajstić information content (AvgIpc) is 2.94. The molecule has 1 aliphatic heterocycles. The van der Waals surface area contributed by atoms with E-state index in [0.29, 0.717) is 11.5 Å². The van der Waals surface area contributed by atoms with Crippen LogP contribution in [0.5, 0.6) is 0 Å². The Kier molecular flexibility index (Phi) is 3.90. The maximum absolute atomic E-state index is 5.73. The molecule has 1 saturated carbocycles. The van der Waals surface area contributed by atoms with Crippen LogP contribution in [0.4, 0.5) is 0 Å². The zero-order valence-corrected chi connectivity index (χ0v) is 12.0. The lowest BCUT2D eigenvalue weighted by atomic mass is 9.83. The van der Waals surface area contributed by atoms with Gasteiger partial charge in [-0.25, -0.2) is 0 Å². The van der Waals surface area contributed by atoms with Crippen LogP contribution < -0.4 is 5.32 Å².